The first-order valence-electron chi connectivity index (χ1n) is 10.2. The molecule has 0 aliphatic carbocycles. The Morgan fingerprint density at radius 3 is 2.06 bits per heavy atom. The van der Waals surface area contributed by atoms with E-state index in [1.54, 1.807) is 0 Å². The lowest BCUT2D eigenvalue weighted by atomic mass is 9.98. The lowest BCUT2D eigenvalue weighted by Crippen LogP contribution is -2.63. The minimum Gasteiger partial charge on any atom is -0.480 e. The van der Waals surface area contributed by atoms with E-state index in [1.165, 1.54) is 0 Å². The van der Waals surface area contributed by atoms with Crippen LogP contribution in [0.15, 0.2) is 0 Å². The molecule has 1 N–H and O–H groups in total. The Labute approximate surface area is 195 Å². The van der Waals surface area contributed by atoms with Crippen LogP contribution in [0.5, 0.6) is 0 Å². The number of carboxylic acid groups (broad SMARTS) is 1. The van der Waals surface area contributed by atoms with Crippen molar-refractivity contribution in [3.8, 4) is 12.3 Å². The zero-order valence-electron chi connectivity index (χ0n) is 19.1. The highest BCUT2D eigenvalue weighted by Gasteiger charge is 2.52. The van der Waals surface area contributed by atoms with Gasteiger partial charge >= 0.3 is 29.8 Å². The summed E-state index contributed by atoms with van der Waals surface area (Å²) in [6.45, 7) is 1.52. The van der Waals surface area contributed by atoms with Gasteiger partial charge in [-0.1, -0.05) is 0 Å². The first-order valence-corrected chi connectivity index (χ1v) is 10.2. The van der Waals surface area contributed by atoms with Crippen molar-refractivity contribution in [2.45, 2.75) is 64.3 Å². The number of esters is 4. The summed E-state index contributed by atoms with van der Waals surface area (Å²) in [6.07, 6.45) is -0.458. The second kappa shape index (κ2) is 14.8. The number of ether oxygens (including phenoxy) is 7. The number of carbonyl (C=O) groups is 5. The summed E-state index contributed by atoms with van der Waals surface area (Å²) in [4.78, 5) is 57.6. The van der Waals surface area contributed by atoms with Gasteiger partial charge < -0.3 is 38.3 Å². The molecule has 1 heterocycles. The molecule has 0 aromatic heterocycles. The molecule has 34 heavy (non-hydrogen) atoms. The fourth-order valence-electron chi connectivity index (χ4n) is 2.94. The number of carboxylic acids is 1. The van der Waals surface area contributed by atoms with Crippen molar-refractivity contribution in [1.29, 1.82) is 0 Å². The number of hydrogen-bond donors (Lipinski definition) is 1. The molecule has 0 aromatic rings. The van der Waals surface area contributed by atoms with Gasteiger partial charge in [-0.05, 0) is 6.42 Å². The highest BCUT2D eigenvalue weighted by atomic mass is 16.7. The van der Waals surface area contributed by atoms with Gasteiger partial charge in [0.25, 0.3) is 0 Å². The summed E-state index contributed by atoms with van der Waals surface area (Å²) in [5, 5.41) is 8.55. The molecule has 0 spiro atoms. The average Bonchev–Trinajstić information content (AvgIpc) is 2.72. The monoisotopic (exact) mass is 488 g/mol. The maximum absolute atomic E-state index is 11.9. The van der Waals surface area contributed by atoms with Gasteiger partial charge in [-0.3, -0.25) is 14.4 Å². The number of unbranched alkanes of at least 4 members (excludes halogenated alkanes) is 1. The van der Waals surface area contributed by atoms with Crippen molar-refractivity contribution in [1.82, 2.24) is 0 Å². The van der Waals surface area contributed by atoms with Gasteiger partial charge in [-0.15, -0.1) is 12.3 Å². The fourth-order valence-corrected chi connectivity index (χ4v) is 2.94. The minimum absolute atomic E-state index is 0.0905. The molecule has 3 unspecified atom stereocenters. The van der Waals surface area contributed by atoms with Gasteiger partial charge in [-0.25, -0.2) is 9.59 Å². The second-order valence-corrected chi connectivity index (χ2v) is 7.01. The van der Waals surface area contributed by atoms with Crippen molar-refractivity contribution in [3.63, 3.8) is 0 Å². The highest BCUT2D eigenvalue weighted by molar-refractivity contribution is 5.72. The van der Waals surface area contributed by atoms with E-state index in [1.807, 2.05) is 0 Å². The molecule has 0 radical (unpaired) electrons. The lowest BCUT2D eigenvalue weighted by Gasteiger charge is -2.44. The van der Waals surface area contributed by atoms with Crippen LogP contribution in [0.25, 0.3) is 0 Å². The van der Waals surface area contributed by atoms with Crippen LogP contribution in [0.3, 0.4) is 0 Å². The molecule has 5 atom stereocenters. The molecular formula is C21H28O13. The zero-order chi connectivity index (χ0) is 25.7. The van der Waals surface area contributed by atoms with Gasteiger partial charge in [0.2, 0.25) is 0 Å². The maximum Gasteiger partial charge on any atom is 0.332 e. The summed E-state index contributed by atoms with van der Waals surface area (Å²) in [7, 11) is 0. The molecule has 1 saturated heterocycles. The predicted molar refractivity (Wildman–Crippen MR) is 109 cm³/mol. The fraction of sp³-hybridized carbons (Fsp3) is 0.667. The Hall–Kier alpha value is -3.21. The van der Waals surface area contributed by atoms with Gasteiger partial charge in [0, 0.05) is 27.2 Å². The van der Waals surface area contributed by atoms with Crippen molar-refractivity contribution >= 4 is 29.8 Å². The number of hydrogen-bond acceptors (Lipinski definition) is 12. The quantitative estimate of drug-likeness (QED) is 0.154. The van der Waals surface area contributed by atoms with Crippen LogP contribution in [-0.2, 0) is 57.1 Å². The topological polar surface area (TPSA) is 170 Å². The third-order valence-electron chi connectivity index (χ3n) is 4.10. The number of terminal acetylenes is 1. The van der Waals surface area contributed by atoms with E-state index in [0.717, 1.165) is 20.8 Å². The molecule has 1 rings (SSSR count). The number of aliphatic carboxylic acids is 1. The molecule has 1 fully saturated rings. The summed E-state index contributed by atoms with van der Waals surface area (Å²) < 4.78 is 36.9. The molecule has 0 aromatic carbocycles. The van der Waals surface area contributed by atoms with E-state index < -0.39 is 80.4 Å². The molecule has 13 heteroatoms. The third kappa shape index (κ3) is 10.6. The van der Waals surface area contributed by atoms with E-state index in [9.17, 15) is 24.0 Å². The van der Waals surface area contributed by atoms with Gasteiger partial charge in [0.15, 0.2) is 24.6 Å². The molecular weight excluding hydrogens is 460 g/mol. The lowest BCUT2D eigenvalue weighted by molar-refractivity contribution is -0.308. The first kappa shape index (κ1) is 28.8. The summed E-state index contributed by atoms with van der Waals surface area (Å²) in [6, 6.07) is 0. The Bertz CT molecular complexity index is 771. The second-order valence-electron chi connectivity index (χ2n) is 7.01. The zero-order valence-corrected chi connectivity index (χ0v) is 19.1. The van der Waals surface area contributed by atoms with Gasteiger partial charge in [0.1, 0.15) is 25.9 Å². The van der Waals surface area contributed by atoms with Crippen LogP contribution in [0.1, 0.15) is 33.6 Å². The van der Waals surface area contributed by atoms with E-state index >= 15 is 0 Å². The normalized spacial score (nSPS) is 23.8. The van der Waals surface area contributed by atoms with Crippen molar-refractivity contribution in [2.24, 2.45) is 0 Å². The van der Waals surface area contributed by atoms with E-state index in [4.69, 9.17) is 40.0 Å². The van der Waals surface area contributed by atoms with E-state index in [-0.39, 0.29) is 6.61 Å². The van der Waals surface area contributed by atoms with Crippen molar-refractivity contribution in [3.05, 3.63) is 0 Å². The van der Waals surface area contributed by atoms with Crippen LogP contribution >= 0.6 is 0 Å². The molecule has 0 saturated carbocycles. The van der Waals surface area contributed by atoms with Gasteiger partial charge in [-0.2, -0.15) is 0 Å². The molecule has 13 nitrogen and oxygen atoms in total. The Morgan fingerprint density at radius 1 is 0.912 bits per heavy atom. The number of rotatable bonds is 13. The molecule has 1 aliphatic rings. The summed E-state index contributed by atoms with van der Waals surface area (Å²) >= 11 is 0. The van der Waals surface area contributed by atoms with Crippen LogP contribution in [-0.4, -0.2) is 92.1 Å². The average molecular weight is 488 g/mol. The summed E-state index contributed by atoms with van der Waals surface area (Å²) in [5.41, 5.74) is 0. The van der Waals surface area contributed by atoms with Gasteiger partial charge in [0.05, 0.1) is 6.61 Å². The Morgan fingerprint density at radius 2 is 1.50 bits per heavy atom. The van der Waals surface area contributed by atoms with E-state index in [2.05, 4.69) is 10.7 Å². The standard InChI is InChI=1S/C21H28O13/c1-5-6-7-8-29-21-20(33-14(4)24)19(32-13(3)23)18(31-12(2)22)15(34-21)9-30-17(27)11-28-10-16(25)26/h1,15,18-21H,6-11H2,2-4H3,(H,25,26)/t15?,18-,19?,20?,21-/m1/s1. The Balaban J connectivity index is 3.10. The molecule has 0 amide bonds. The van der Waals surface area contributed by atoms with Crippen molar-refractivity contribution in [2.75, 3.05) is 26.4 Å². The SMILES string of the molecule is C#CCCCO[C@@H]1OC(COC(=O)COCC(=O)O)[C@@H](OC(C)=O)C(OC(C)=O)C1OC(C)=O. The largest absolute Gasteiger partial charge is 0.480 e. The smallest absolute Gasteiger partial charge is 0.332 e. The molecule has 1 aliphatic heterocycles. The Kier molecular flexibility index (Phi) is 12.6. The highest BCUT2D eigenvalue weighted by Crippen LogP contribution is 2.30. The van der Waals surface area contributed by atoms with Crippen LogP contribution < -0.4 is 0 Å². The minimum atomic E-state index is -1.36. The van der Waals surface area contributed by atoms with E-state index in [0.29, 0.717) is 12.8 Å². The van der Waals surface area contributed by atoms with Crippen LogP contribution in [0.4, 0.5) is 0 Å². The van der Waals surface area contributed by atoms with Crippen molar-refractivity contribution < 1.29 is 62.2 Å². The van der Waals surface area contributed by atoms with Crippen LogP contribution in [0.2, 0.25) is 0 Å². The molecule has 0 bridgehead atoms. The summed E-state index contributed by atoms with van der Waals surface area (Å²) in [5.74, 6) is -2.06. The predicted octanol–water partition coefficient (Wildman–Crippen LogP) is -0.419. The molecule has 190 valence electrons. The third-order valence-corrected chi connectivity index (χ3v) is 4.10. The first-order chi connectivity index (χ1) is 16.0. The number of carbonyl (C=O) groups excluding carboxylic acids is 4. The van der Waals surface area contributed by atoms with Crippen LogP contribution in [0, 0.1) is 12.3 Å². The maximum atomic E-state index is 11.9.